The van der Waals surface area contributed by atoms with E-state index in [9.17, 15) is 9.59 Å². The number of thiazole rings is 1. The standard InChI is InChI=1S/C28H24ClN3O2S/c1-2-17-32(28-31-25(19-35-28)21-13-15-23(29)16-14-21)26(33)18-24(20-9-5-3-6-10-20)30-27(34)22-11-7-4-8-12-22/h2-16,19,24H,1,17-18H2,(H,30,34)/t24-/m0/s1. The fourth-order valence-corrected chi connectivity index (χ4v) is 4.60. The van der Waals surface area contributed by atoms with Crippen LogP contribution in [0.5, 0.6) is 0 Å². The van der Waals surface area contributed by atoms with Gasteiger partial charge in [0.1, 0.15) is 0 Å². The molecule has 0 spiro atoms. The zero-order valence-electron chi connectivity index (χ0n) is 18.9. The van der Waals surface area contributed by atoms with Crippen LogP contribution in [0, 0.1) is 0 Å². The van der Waals surface area contributed by atoms with E-state index in [4.69, 9.17) is 11.6 Å². The molecule has 0 radical (unpaired) electrons. The molecule has 0 bridgehead atoms. The Hall–Kier alpha value is -3.74. The van der Waals surface area contributed by atoms with Crippen molar-refractivity contribution < 1.29 is 9.59 Å². The van der Waals surface area contributed by atoms with Crippen molar-refractivity contribution in [2.24, 2.45) is 0 Å². The van der Waals surface area contributed by atoms with E-state index in [1.165, 1.54) is 11.3 Å². The summed E-state index contributed by atoms with van der Waals surface area (Å²) in [4.78, 5) is 32.7. The summed E-state index contributed by atoms with van der Waals surface area (Å²) in [6.45, 7) is 4.11. The molecule has 0 aliphatic carbocycles. The summed E-state index contributed by atoms with van der Waals surface area (Å²) in [6.07, 6.45) is 1.74. The number of anilines is 1. The molecular weight excluding hydrogens is 478 g/mol. The second-order valence-electron chi connectivity index (χ2n) is 7.82. The Kier molecular flexibility index (Phi) is 8.08. The highest BCUT2D eigenvalue weighted by Gasteiger charge is 2.25. The zero-order chi connectivity index (χ0) is 24.6. The summed E-state index contributed by atoms with van der Waals surface area (Å²) >= 11 is 7.38. The topological polar surface area (TPSA) is 62.3 Å². The van der Waals surface area contributed by atoms with Gasteiger partial charge in [-0.2, -0.15) is 0 Å². The molecule has 1 aromatic heterocycles. The van der Waals surface area contributed by atoms with Crippen LogP contribution in [0.2, 0.25) is 5.02 Å². The van der Waals surface area contributed by atoms with Gasteiger partial charge in [0.25, 0.3) is 5.91 Å². The molecule has 35 heavy (non-hydrogen) atoms. The van der Waals surface area contributed by atoms with Gasteiger partial charge in [0.05, 0.1) is 18.2 Å². The number of carbonyl (C=O) groups is 2. The van der Waals surface area contributed by atoms with Crippen molar-refractivity contribution in [3.05, 3.63) is 119 Å². The van der Waals surface area contributed by atoms with E-state index in [0.29, 0.717) is 22.3 Å². The summed E-state index contributed by atoms with van der Waals surface area (Å²) in [5.41, 5.74) is 3.07. The Bertz CT molecular complexity index is 1290. The largest absolute Gasteiger partial charge is 0.345 e. The summed E-state index contributed by atoms with van der Waals surface area (Å²) < 4.78 is 0. The van der Waals surface area contributed by atoms with Crippen molar-refractivity contribution in [1.29, 1.82) is 0 Å². The number of benzene rings is 3. The van der Waals surface area contributed by atoms with Crippen LogP contribution in [0.1, 0.15) is 28.4 Å². The molecule has 1 atom stereocenters. The molecule has 0 unspecified atom stereocenters. The van der Waals surface area contributed by atoms with E-state index < -0.39 is 6.04 Å². The summed E-state index contributed by atoms with van der Waals surface area (Å²) in [7, 11) is 0. The first-order valence-corrected chi connectivity index (χ1v) is 12.3. The third-order valence-corrected chi connectivity index (χ3v) is 6.51. The molecule has 0 saturated carbocycles. The molecule has 0 fully saturated rings. The van der Waals surface area contributed by atoms with Gasteiger partial charge in [-0.25, -0.2) is 4.98 Å². The quantitative estimate of drug-likeness (QED) is 0.265. The average Bonchev–Trinajstić information content (AvgIpc) is 3.38. The van der Waals surface area contributed by atoms with Gasteiger partial charge in [-0.3, -0.25) is 14.5 Å². The lowest BCUT2D eigenvalue weighted by Gasteiger charge is -2.23. The molecular formula is C28H24ClN3O2S. The number of carbonyl (C=O) groups excluding carboxylic acids is 2. The number of rotatable bonds is 9. The van der Waals surface area contributed by atoms with Crippen LogP contribution >= 0.6 is 22.9 Å². The van der Waals surface area contributed by atoms with Gasteiger partial charge in [0, 0.05) is 28.1 Å². The number of nitrogens with one attached hydrogen (secondary N) is 1. The molecule has 3 aromatic carbocycles. The molecule has 4 rings (SSSR count). The Labute approximate surface area is 213 Å². The van der Waals surface area contributed by atoms with Gasteiger partial charge in [-0.05, 0) is 29.8 Å². The number of halogens is 1. The maximum Gasteiger partial charge on any atom is 0.251 e. The Morgan fingerprint density at radius 2 is 1.66 bits per heavy atom. The number of nitrogens with zero attached hydrogens (tertiary/aromatic N) is 2. The summed E-state index contributed by atoms with van der Waals surface area (Å²) in [5.74, 6) is -0.397. The van der Waals surface area contributed by atoms with E-state index in [-0.39, 0.29) is 18.2 Å². The van der Waals surface area contributed by atoms with E-state index in [0.717, 1.165) is 16.8 Å². The normalized spacial score (nSPS) is 11.5. The number of amides is 2. The SMILES string of the molecule is C=CCN(C(=O)C[C@H](NC(=O)c1ccccc1)c1ccccc1)c1nc(-c2ccc(Cl)cc2)cs1. The third-order valence-electron chi connectivity index (χ3n) is 5.40. The van der Waals surface area contributed by atoms with Crippen molar-refractivity contribution in [3.63, 3.8) is 0 Å². The maximum atomic E-state index is 13.5. The van der Waals surface area contributed by atoms with Crippen LogP contribution in [-0.4, -0.2) is 23.3 Å². The first-order valence-electron chi connectivity index (χ1n) is 11.1. The second-order valence-corrected chi connectivity index (χ2v) is 9.10. The molecule has 176 valence electrons. The minimum Gasteiger partial charge on any atom is -0.345 e. The number of hydrogen-bond acceptors (Lipinski definition) is 4. The van der Waals surface area contributed by atoms with Gasteiger partial charge < -0.3 is 5.32 Å². The molecule has 5 nitrogen and oxygen atoms in total. The number of hydrogen-bond donors (Lipinski definition) is 1. The van der Waals surface area contributed by atoms with Crippen molar-refractivity contribution in [2.75, 3.05) is 11.4 Å². The predicted molar refractivity (Wildman–Crippen MR) is 143 cm³/mol. The highest BCUT2D eigenvalue weighted by atomic mass is 35.5. The van der Waals surface area contributed by atoms with Crippen LogP contribution in [0.25, 0.3) is 11.3 Å². The van der Waals surface area contributed by atoms with Crippen LogP contribution in [0.15, 0.2) is 103 Å². The molecule has 0 aliphatic rings. The van der Waals surface area contributed by atoms with Crippen LogP contribution < -0.4 is 10.2 Å². The molecule has 1 heterocycles. The lowest BCUT2D eigenvalue weighted by molar-refractivity contribution is -0.119. The summed E-state index contributed by atoms with van der Waals surface area (Å²) in [5, 5.41) is 6.15. The van der Waals surface area contributed by atoms with Gasteiger partial charge >= 0.3 is 0 Å². The van der Waals surface area contributed by atoms with Gasteiger partial charge in [0.2, 0.25) is 5.91 Å². The van der Waals surface area contributed by atoms with Crippen molar-refractivity contribution >= 4 is 39.9 Å². The highest BCUT2D eigenvalue weighted by Crippen LogP contribution is 2.30. The Morgan fingerprint density at radius 3 is 2.31 bits per heavy atom. The first kappa shape index (κ1) is 24.4. The van der Waals surface area contributed by atoms with Gasteiger partial charge in [-0.1, -0.05) is 78.3 Å². The molecule has 7 heteroatoms. The van der Waals surface area contributed by atoms with E-state index in [1.807, 2.05) is 78.2 Å². The van der Waals surface area contributed by atoms with Crippen LogP contribution in [0.4, 0.5) is 5.13 Å². The lowest BCUT2D eigenvalue weighted by atomic mass is 10.0. The average molecular weight is 502 g/mol. The highest BCUT2D eigenvalue weighted by molar-refractivity contribution is 7.14. The molecule has 1 N–H and O–H groups in total. The van der Waals surface area contributed by atoms with Crippen molar-refractivity contribution in [3.8, 4) is 11.3 Å². The van der Waals surface area contributed by atoms with Gasteiger partial charge in [-0.15, -0.1) is 17.9 Å². The predicted octanol–water partition coefficient (Wildman–Crippen LogP) is 6.54. The Morgan fingerprint density at radius 1 is 1.00 bits per heavy atom. The minimum absolute atomic E-state index is 0.0757. The number of aromatic nitrogens is 1. The second kappa shape index (κ2) is 11.6. The lowest BCUT2D eigenvalue weighted by Crippen LogP contribution is -2.36. The van der Waals surface area contributed by atoms with Crippen molar-refractivity contribution in [2.45, 2.75) is 12.5 Å². The monoisotopic (exact) mass is 501 g/mol. The molecule has 0 saturated heterocycles. The Balaban J connectivity index is 1.56. The fourth-order valence-electron chi connectivity index (χ4n) is 3.61. The van der Waals surface area contributed by atoms with E-state index in [1.54, 1.807) is 23.1 Å². The fraction of sp³-hybridized carbons (Fsp3) is 0.107. The van der Waals surface area contributed by atoms with Crippen LogP contribution in [-0.2, 0) is 4.79 Å². The zero-order valence-corrected chi connectivity index (χ0v) is 20.5. The first-order chi connectivity index (χ1) is 17.0. The summed E-state index contributed by atoms with van der Waals surface area (Å²) in [6, 6.07) is 25.4. The van der Waals surface area contributed by atoms with Crippen molar-refractivity contribution in [1.82, 2.24) is 10.3 Å². The molecule has 4 aromatic rings. The van der Waals surface area contributed by atoms with Crippen LogP contribution in [0.3, 0.4) is 0 Å². The minimum atomic E-state index is -0.501. The van der Waals surface area contributed by atoms with E-state index in [2.05, 4.69) is 16.9 Å². The molecule has 0 aliphatic heterocycles. The van der Waals surface area contributed by atoms with E-state index >= 15 is 0 Å². The molecule has 2 amide bonds. The maximum absolute atomic E-state index is 13.5. The smallest absolute Gasteiger partial charge is 0.251 e. The third kappa shape index (κ3) is 6.23. The van der Waals surface area contributed by atoms with Gasteiger partial charge in [0.15, 0.2) is 5.13 Å².